The minimum atomic E-state index is -0.213. The Morgan fingerprint density at radius 3 is 2.53 bits per heavy atom. The highest BCUT2D eigenvalue weighted by atomic mass is 32.1. The number of ketones is 1. The summed E-state index contributed by atoms with van der Waals surface area (Å²) >= 11 is 1.44. The van der Waals surface area contributed by atoms with Crippen LogP contribution in [0, 0.1) is 0 Å². The Hall–Kier alpha value is -3.32. The minimum Gasteiger partial charge on any atom is -0.493 e. The molecule has 6 nitrogen and oxygen atoms in total. The molecule has 2 aromatic carbocycles. The van der Waals surface area contributed by atoms with Crippen LogP contribution in [0.2, 0.25) is 0 Å². The SMILES string of the molecule is COc1cc2c(cc1OC)[C@H]1N(CC2)C(C(=O)c2cccs2)=NN1c1ccccc1. The van der Waals surface area contributed by atoms with E-state index < -0.39 is 0 Å². The summed E-state index contributed by atoms with van der Waals surface area (Å²) < 4.78 is 11.1. The average molecular weight is 420 g/mol. The Balaban J connectivity index is 1.64. The van der Waals surface area contributed by atoms with E-state index in [4.69, 9.17) is 14.6 Å². The van der Waals surface area contributed by atoms with Gasteiger partial charge < -0.3 is 14.4 Å². The molecule has 1 aromatic heterocycles. The molecule has 0 unspecified atom stereocenters. The number of carbonyl (C=O) groups is 1. The molecule has 5 rings (SSSR count). The lowest BCUT2D eigenvalue weighted by Gasteiger charge is -2.37. The van der Waals surface area contributed by atoms with E-state index in [1.54, 1.807) is 14.2 Å². The highest BCUT2D eigenvalue weighted by Gasteiger charge is 2.43. The molecule has 0 saturated carbocycles. The van der Waals surface area contributed by atoms with E-state index in [1.807, 2.05) is 65.0 Å². The smallest absolute Gasteiger partial charge is 0.239 e. The molecule has 3 heterocycles. The molecule has 0 aliphatic carbocycles. The second-order valence-corrected chi connectivity index (χ2v) is 8.08. The molecule has 1 atom stereocenters. The van der Waals surface area contributed by atoms with Crippen LogP contribution >= 0.6 is 11.3 Å². The standard InChI is InChI=1S/C23H21N3O3S/c1-28-18-13-15-10-11-25-22(21(27)20-9-6-12-30-20)24-26(16-7-4-3-5-8-16)23(25)17(15)14-19(18)29-2/h3-9,12-14,23H,10-11H2,1-2H3/t23-/m0/s1. The summed E-state index contributed by atoms with van der Waals surface area (Å²) in [5.74, 6) is 1.82. The van der Waals surface area contributed by atoms with Crippen LogP contribution in [0.4, 0.5) is 5.69 Å². The minimum absolute atomic E-state index is 0.0441. The molecule has 152 valence electrons. The third kappa shape index (κ3) is 2.93. The summed E-state index contributed by atoms with van der Waals surface area (Å²) in [6.45, 7) is 0.701. The van der Waals surface area contributed by atoms with E-state index in [9.17, 15) is 4.79 Å². The molecule has 3 aromatic rings. The molecule has 0 N–H and O–H groups in total. The van der Waals surface area contributed by atoms with Gasteiger partial charge in [-0.05, 0) is 47.7 Å². The molecular weight excluding hydrogens is 398 g/mol. The van der Waals surface area contributed by atoms with Gasteiger partial charge in [0.15, 0.2) is 17.7 Å². The van der Waals surface area contributed by atoms with Gasteiger partial charge in [-0.1, -0.05) is 24.3 Å². The number of anilines is 1. The number of thiophene rings is 1. The van der Waals surface area contributed by atoms with E-state index in [0.717, 1.165) is 17.7 Å². The number of rotatable bonds is 5. The van der Waals surface area contributed by atoms with E-state index >= 15 is 0 Å². The Morgan fingerprint density at radius 2 is 1.83 bits per heavy atom. The maximum atomic E-state index is 13.2. The van der Waals surface area contributed by atoms with Crippen molar-refractivity contribution in [3.8, 4) is 11.5 Å². The van der Waals surface area contributed by atoms with Crippen LogP contribution in [0.1, 0.15) is 27.0 Å². The molecule has 0 radical (unpaired) electrons. The number of methoxy groups -OCH3 is 2. The number of fused-ring (bicyclic) bond motifs is 3. The van der Waals surface area contributed by atoms with Crippen molar-refractivity contribution >= 4 is 28.6 Å². The van der Waals surface area contributed by atoms with Gasteiger partial charge in [0.25, 0.3) is 0 Å². The second-order valence-electron chi connectivity index (χ2n) is 7.13. The van der Waals surface area contributed by atoms with Crippen LogP contribution < -0.4 is 14.5 Å². The van der Waals surface area contributed by atoms with Crippen molar-refractivity contribution in [3.05, 3.63) is 76.0 Å². The van der Waals surface area contributed by atoms with Crippen LogP contribution in [-0.2, 0) is 6.42 Å². The van der Waals surface area contributed by atoms with Gasteiger partial charge in [0, 0.05) is 12.1 Å². The maximum absolute atomic E-state index is 13.2. The molecule has 7 heteroatoms. The molecular formula is C23H21N3O3S. The predicted octanol–water partition coefficient (Wildman–Crippen LogP) is 4.34. The fourth-order valence-electron chi connectivity index (χ4n) is 4.10. The van der Waals surface area contributed by atoms with Gasteiger partial charge >= 0.3 is 0 Å². The van der Waals surface area contributed by atoms with Gasteiger partial charge in [-0.25, -0.2) is 5.01 Å². The number of benzene rings is 2. The van der Waals surface area contributed by atoms with E-state index in [2.05, 4.69) is 4.90 Å². The first-order chi connectivity index (χ1) is 14.7. The Morgan fingerprint density at radius 1 is 1.07 bits per heavy atom. The summed E-state index contributed by atoms with van der Waals surface area (Å²) in [4.78, 5) is 16.0. The normalized spacial score (nSPS) is 17.3. The molecule has 0 bridgehead atoms. The van der Waals surface area contributed by atoms with E-state index in [0.29, 0.717) is 28.8 Å². The van der Waals surface area contributed by atoms with Gasteiger partial charge in [0.2, 0.25) is 11.6 Å². The zero-order valence-electron chi connectivity index (χ0n) is 16.7. The van der Waals surface area contributed by atoms with Crippen LogP contribution in [0.3, 0.4) is 0 Å². The van der Waals surface area contributed by atoms with E-state index in [-0.39, 0.29) is 11.9 Å². The predicted molar refractivity (Wildman–Crippen MR) is 118 cm³/mol. The molecule has 0 fully saturated rings. The van der Waals surface area contributed by atoms with Crippen LogP contribution in [0.25, 0.3) is 0 Å². The molecule has 0 spiro atoms. The molecule has 2 aliphatic heterocycles. The number of hydrazone groups is 1. The summed E-state index contributed by atoms with van der Waals surface area (Å²) in [7, 11) is 3.28. The van der Waals surface area contributed by atoms with Gasteiger partial charge in [0.1, 0.15) is 0 Å². The number of hydrogen-bond acceptors (Lipinski definition) is 7. The van der Waals surface area contributed by atoms with Crippen LogP contribution in [0.5, 0.6) is 11.5 Å². The summed E-state index contributed by atoms with van der Waals surface area (Å²) in [5.41, 5.74) is 3.18. The monoisotopic (exact) mass is 419 g/mol. The van der Waals surface area contributed by atoms with Crippen molar-refractivity contribution in [2.45, 2.75) is 12.6 Å². The van der Waals surface area contributed by atoms with Gasteiger partial charge in [-0.2, -0.15) is 0 Å². The first-order valence-electron chi connectivity index (χ1n) is 9.74. The summed E-state index contributed by atoms with van der Waals surface area (Å²) in [6.07, 6.45) is 0.584. The molecule has 0 saturated heterocycles. The third-order valence-corrected chi connectivity index (χ3v) is 6.38. The first-order valence-corrected chi connectivity index (χ1v) is 10.6. The van der Waals surface area contributed by atoms with Crippen LogP contribution in [-0.4, -0.2) is 37.3 Å². The Bertz CT molecular complexity index is 1110. The van der Waals surface area contributed by atoms with Gasteiger partial charge in [-0.3, -0.25) is 4.79 Å². The maximum Gasteiger partial charge on any atom is 0.239 e. The highest BCUT2D eigenvalue weighted by Crippen LogP contribution is 2.44. The molecule has 0 amide bonds. The summed E-state index contributed by atoms with van der Waals surface area (Å²) in [6, 6.07) is 17.7. The first kappa shape index (κ1) is 18.7. The number of carbonyl (C=O) groups excluding carboxylic acids is 1. The van der Waals surface area contributed by atoms with Crippen LogP contribution in [0.15, 0.2) is 65.1 Å². The van der Waals surface area contributed by atoms with Crippen molar-refractivity contribution in [2.75, 3.05) is 25.8 Å². The number of nitrogens with zero attached hydrogens (tertiary/aromatic N) is 3. The van der Waals surface area contributed by atoms with Crippen molar-refractivity contribution in [1.82, 2.24) is 4.90 Å². The lowest BCUT2D eigenvalue weighted by molar-refractivity contribution is 0.105. The fraction of sp³-hybridized carbons (Fsp3) is 0.217. The largest absolute Gasteiger partial charge is 0.493 e. The number of amidine groups is 1. The van der Waals surface area contributed by atoms with Crippen molar-refractivity contribution in [3.63, 3.8) is 0 Å². The zero-order chi connectivity index (χ0) is 20.7. The van der Waals surface area contributed by atoms with Crippen molar-refractivity contribution < 1.29 is 14.3 Å². The topological polar surface area (TPSA) is 54.4 Å². The van der Waals surface area contributed by atoms with Gasteiger partial charge in [-0.15, -0.1) is 16.4 Å². The second kappa shape index (κ2) is 7.50. The number of ether oxygens (including phenoxy) is 2. The number of para-hydroxylation sites is 1. The van der Waals surface area contributed by atoms with Gasteiger partial charge in [0.05, 0.1) is 24.8 Å². The molecule has 2 aliphatic rings. The van der Waals surface area contributed by atoms with Crippen molar-refractivity contribution in [1.29, 1.82) is 0 Å². The third-order valence-electron chi connectivity index (χ3n) is 5.52. The van der Waals surface area contributed by atoms with E-state index in [1.165, 1.54) is 16.9 Å². The summed E-state index contributed by atoms with van der Waals surface area (Å²) in [5, 5.41) is 8.67. The quantitative estimate of drug-likeness (QED) is 0.576. The molecule has 30 heavy (non-hydrogen) atoms. The van der Waals surface area contributed by atoms with Crippen molar-refractivity contribution in [2.24, 2.45) is 5.10 Å². The lowest BCUT2D eigenvalue weighted by atomic mass is 9.95. The Labute approximate surface area is 179 Å². The number of hydrogen-bond donors (Lipinski definition) is 0. The average Bonchev–Trinajstić information content (AvgIpc) is 3.46. The Kier molecular flexibility index (Phi) is 4.67. The number of Topliss-reactive ketones (excluding diaryl/α,β-unsaturated/α-hetero) is 1. The lowest BCUT2D eigenvalue weighted by Crippen LogP contribution is -2.42. The zero-order valence-corrected chi connectivity index (χ0v) is 17.6. The fourth-order valence-corrected chi connectivity index (χ4v) is 4.76. The highest BCUT2D eigenvalue weighted by molar-refractivity contribution is 7.13.